The van der Waals surface area contributed by atoms with Crippen LogP contribution in [0.3, 0.4) is 0 Å². The number of aromatic amines is 1. The number of nitriles is 1. The standard InChI is InChI=1S/C17H19N3O3/c1-20(17(22)14-7-15(8-18)19-9-14)10-16(21)12-23-11-13-5-3-2-4-6-13/h2-7,9,16,19,21H,10-12H2,1H3. The minimum Gasteiger partial charge on any atom is -0.389 e. The van der Waals surface area contributed by atoms with E-state index in [0.29, 0.717) is 17.9 Å². The van der Waals surface area contributed by atoms with Crippen molar-refractivity contribution in [3.8, 4) is 6.07 Å². The molecule has 1 unspecified atom stereocenters. The Kier molecular flexibility index (Phi) is 5.92. The van der Waals surface area contributed by atoms with Crippen LogP contribution >= 0.6 is 0 Å². The van der Waals surface area contributed by atoms with Crippen LogP contribution in [0.1, 0.15) is 21.6 Å². The van der Waals surface area contributed by atoms with Gasteiger partial charge in [-0.15, -0.1) is 0 Å². The number of benzene rings is 1. The number of nitrogens with zero attached hydrogens (tertiary/aromatic N) is 2. The third-order valence-electron chi connectivity index (χ3n) is 3.30. The van der Waals surface area contributed by atoms with Gasteiger partial charge in [0.2, 0.25) is 0 Å². The molecule has 2 rings (SSSR count). The molecule has 120 valence electrons. The summed E-state index contributed by atoms with van der Waals surface area (Å²) in [5.41, 5.74) is 1.75. The number of likely N-dealkylation sites (N-methyl/N-ethyl adjacent to an activating group) is 1. The molecule has 0 aliphatic carbocycles. The number of rotatable bonds is 7. The van der Waals surface area contributed by atoms with Crippen LogP contribution in [-0.4, -0.2) is 47.2 Å². The fraction of sp³-hybridized carbons (Fsp3) is 0.294. The molecule has 0 bridgehead atoms. The van der Waals surface area contributed by atoms with Crippen LogP contribution in [0.15, 0.2) is 42.6 Å². The molecule has 0 saturated carbocycles. The van der Waals surface area contributed by atoms with Gasteiger partial charge < -0.3 is 19.7 Å². The zero-order valence-corrected chi connectivity index (χ0v) is 12.9. The average molecular weight is 313 g/mol. The number of aliphatic hydroxyl groups is 1. The van der Waals surface area contributed by atoms with Crippen molar-refractivity contribution in [3.05, 3.63) is 59.4 Å². The van der Waals surface area contributed by atoms with Crippen LogP contribution in [0.25, 0.3) is 0 Å². The first kappa shape index (κ1) is 16.7. The molecule has 6 nitrogen and oxygen atoms in total. The maximum Gasteiger partial charge on any atom is 0.255 e. The van der Waals surface area contributed by atoms with Gasteiger partial charge in [0, 0.05) is 19.8 Å². The molecule has 0 spiro atoms. The Morgan fingerprint density at radius 3 is 2.83 bits per heavy atom. The molecule has 1 heterocycles. The van der Waals surface area contributed by atoms with Crippen molar-refractivity contribution in [1.82, 2.24) is 9.88 Å². The van der Waals surface area contributed by atoms with E-state index in [4.69, 9.17) is 10.00 Å². The predicted octanol–water partition coefficient (Wildman–Crippen LogP) is 1.54. The zero-order chi connectivity index (χ0) is 16.7. The first-order valence-corrected chi connectivity index (χ1v) is 7.24. The Morgan fingerprint density at radius 2 is 2.17 bits per heavy atom. The quantitative estimate of drug-likeness (QED) is 0.811. The van der Waals surface area contributed by atoms with E-state index < -0.39 is 6.10 Å². The molecule has 0 fully saturated rings. The van der Waals surface area contributed by atoms with Crippen molar-refractivity contribution in [1.29, 1.82) is 5.26 Å². The van der Waals surface area contributed by atoms with Gasteiger partial charge in [0.1, 0.15) is 11.8 Å². The summed E-state index contributed by atoms with van der Waals surface area (Å²) in [6.45, 7) is 0.711. The number of amides is 1. The Balaban J connectivity index is 1.76. The molecule has 1 aromatic heterocycles. The highest BCUT2D eigenvalue weighted by Gasteiger charge is 2.17. The summed E-state index contributed by atoms with van der Waals surface area (Å²) >= 11 is 0. The second kappa shape index (κ2) is 8.13. The summed E-state index contributed by atoms with van der Waals surface area (Å²) < 4.78 is 5.45. The van der Waals surface area contributed by atoms with E-state index in [-0.39, 0.29) is 19.1 Å². The maximum absolute atomic E-state index is 12.1. The molecular weight excluding hydrogens is 294 g/mol. The van der Waals surface area contributed by atoms with Crippen molar-refractivity contribution in [2.45, 2.75) is 12.7 Å². The van der Waals surface area contributed by atoms with Gasteiger partial charge in [0.15, 0.2) is 0 Å². The number of H-pyrrole nitrogens is 1. The summed E-state index contributed by atoms with van der Waals surface area (Å²) in [6.07, 6.45) is 0.706. The number of carbonyl (C=O) groups excluding carboxylic acids is 1. The van der Waals surface area contributed by atoms with Crippen molar-refractivity contribution >= 4 is 5.91 Å². The van der Waals surface area contributed by atoms with E-state index in [1.54, 1.807) is 7.05 Å². The second-order valence-corrected chi connectivity index (χ2v) is 5.25. The lowest BCUT2D eigenvalue weighted by molar-refractivity contribution is 0.0137. The summed E-state index contributed by atoms with van der Waals surface area (Å²) in [5.74, 6) is -0.259. The molecule has 0 aliphatic heterocycles. The molecule has 0 radical (unpaired) electrons. The number of aromatic nitrogens is 1. The molecule has 0 saturated heterocycles. The monoisotopic (exact) mass is 313 g/mol. The lowest BCUT2D eigenvalue weighted by Crippen LogP contribution is -2.36. The zero-order valence-electron chi connectivity index (χ0n) is 12.9. The van der Waals surface area contributed by atoms with E-state index in [2.05, 4.69) is 4.98 Å². The molecule has 2 aromatic rings. The fourth-order valence-corrected chi connectivity index (χ4v) is 2.14. The average Bonchev–Trinajstić information content (AvgIpc) is 3.04. The Morgan fingerprint density at radius 1 is 1.43 bits per heavy atom. The van der Waals surface area contributed by atoms with Crippen LogP contribution in [0.2, 0.25) is 0 Å². The van der Waals surface area contributed by atoms with E-state index in [0.717, 1.165) is 5.56 Å². The molecule has 23 heavy (non-hydrogen) atoms. The van der Waals surface area contributed by atoms with Gasteiger partial charge in [-0.1, -0.05) is 30.3 Å². The lowest BCUT2D eigenvalue weighted by Gasteiger charge is -2.20. The predicted molar refractivity (Wildman–Crippen MR) is 84.6 cm³/mol. The Labute approximate surface area is 134 Å². The van der Waals surface area contributed by atoms with Crippen molar-refractivity contribution < 1.29 is 14.6 Å². The molecule has 6 heteroatoms. The highest BCUT2D eigenvalue weighted by Crippen LogP contribution is 2.07. The molecule has 1 amide bonds. The molecule has 0 aliphatic rings. The number of nitrogens with one attached hydrogen (secondary N) is 1. The van der Waals surface area contributed by atoms with Crippen LogP contribution in [0.5, 0.6) is 0 Å². The molecular formula is C17H19N3O3. The number of hydrogen-bond acceptors (Lipinski definition) is 4. The first-order valence-electron chi connectivity index (χ1n) is 7.24. The SMILES string of the molecule is CN(CC(O)COCc1ccccc1)C(=O)c1c[nH]c(C#N)c1. The number of carbonyl (C=O) groups is 1. The van der Waals surface area contributed by atoms with Crippen LogP contribution in [0.4, 0.5) is 0 Å². The number of hydrogen-bond donors (Lipinski definition) is 2. The van der Waals surface area contributed by atoms with Gasteiger partial charge >= 0.3 is 0 Å². The van der Waals surface area contributed by atoms with Crippen LogP contribution in [-0.2, 0) is 11.3 Å². The van der Waals surface area contributed by atoms with E-state index in [1.165, 1.54) is 17.2 Å². The summed E-state index contributed by atoms with van der Waals surface area (Å²) in [4.78, 5) is 16.3. The smallest absolute Gasteiger partial charge is 0.255 e. The van der Waals surface area contributed by atoms with E-state index in [1.807, 2.05) is 36.4 Å². The van der Waals surface area contributed by atoms with Gasteiger partial charge in [0.25, 0.3) is 5.91 Å². The van der Waals surface area contributed by atoms with Gasteiger partial charge in [-0.2, -0.15) is 5.26 Å². The largest absolute Gasteiger partial charge is 0.389 e. The summed E-state index contributed by atoms with van der Waals surface area (Å²) in [7, 11) is 1.60. The van der Waals surface area contributed by atoms with Crippen LogP contribution < -0.4 is 0 Å². The van der Waals surface area contributed by atoms with Crippen molar-refractivity contribution in [3.63, 3.8) is 0 Å². The molecule has 2 N–H and O–H groups in total. The van der Waals surface area contributed by atoms with E-state index in [9.17, 15) is 9.90 Å². The molecule has 1 aromatic carbocycles. The normalized spacial score (nSPS) is 11.7. The van der Waals surface area contributed by atoms with Gasteiger partial charge in [-0.25, -0.2) is 0 Å². The Bertz CT molecular complexity index is 676. The topological polar surface area (TPSA) is 89.3 Å². The second-order valence-electron chi connectivity index (χ2n) is 5.25. The maximum atomic E-state index is 12.1. The number of ether oxygens (including phenoxy) is 1. The fourth-order valence-electron chi connectivity index (χ4n) is 2.14. The van der Waals surface area contributed by atoms with E-state index >= 15 is 0 Å². The van der Waals surface area contributed by atoms with Gasteiger partial charge in [-0.3, -0.25) is 4.79 Å². The highest BCUT2D eigenvalue weighted by atomic mass is 16.5. The summed E-state index contributed by atoms with van der Waals surface area (Å²) in [6, 6.07) is 13.1. The number of aliphatic hydroxyl groups excluding tert-OH is 1. The Hall–Kier alpha value is -2.62. The van der Waals surface area contributed by atoms with Crippen molar-refractivity contribution in [2.24, 2.45) is 0 Å². The summed E-state index contributed by atoms with van der Waals surface area (Å²) in [5, 5.41) is 18.7. The van der Waals surface area contributed by atoms with Gasteiger partial charge in [0.05, 0.1) is 24.9 Å². The van der Waals surface area contributed by atoms with Crippen LogP contribution in [0, 0.1) is 11.3 Å². The third kappa shape index (κ3) is 4.95. The minimum atomic E-state index is -0.776. The third-order valence-corrected chi connectivity index (χ3v) is 3.30. The lowest BCUT2D eigenvalue weighted by atomic mass is 10.2. The van der Waals surface area contributed by atoms with Gasteiger partial charge in [-0.05, 0) is 11.6 Å². The highest BCUT2D eigenvalue weighted by molar-refractivity contribution is 5.94. The first-order chi connectivity index (χ1) is 11.1. The van der Waals surface area contributed by atoms with Crippen molar-refractivity contribution in [2.75, 3.05) is 20.2 Å². The molecule has 1 atom stereocenters. The minimum absolute atomic E-state index is 0.142.